The standard InChI is InChI=1S/C34H39FN6O3/c1-21-17-40(18-22(2)41(21)34(43)23(3)35)32-28-12-14-39(31-9-5-7-24-15-26(42)10-11-27(24)31)19-30(28)37-33(29(32)16-36)44-20-25-8-6-13-38(25)4/h5,7,9-11,15,21-22,25,42H,3,6,8,12-14,17-20H2,1-2,4H3/t21-,22+,25?. The maximum absolute atomic E-state index is 13.9. The van der Waals surface area contributed by atoms with E-state index in [1.165, 1.54) is 0 Å². The first-order valence-corrected chi connectivity index (χ1v) is 15.3. The summed E-state index contributed by atoms with van der Waals surface area (Å²) in [6.45, 7) is 10.6. The van der Waals surface area contributed by atoms with Crippen molar-refractivity contribution in [2.45, 2.75) is 57.8 Å². The van der Waals surface area contributed by atoms with E-state index in [0.717, 1.165) is 52.8 Å². The number of likely N-dealkylation sites (tertiary alicyclic amines) is 1. The summed E-state index contributed by atoms with van der Waals surface area (Å²) >= 11 is 0. The number of pyridine rings is 1. The number of phenolic OH excluding ortho intramolecular Hbond substituents is 1. The first kappa shape index (κ1) is 29.7. The van der Waals surface area contributed by atoms with Crippen molar-refractivity contribution in [3.63, 3.8) is 0 Å². The number of rotatable bonds is 6. The van der Waals surface area contributed by atoms with E-state index in [1.54, 1.807) is 17.0 Å². The molecule has 1 unspecified atom stereocenters. The van der Waals surface area contributed by atoms with Gasteiger partial charge in [-0.25, -0.2) is 9.37 Å². The van der Waals surface area contributed by atoms with Crippen LogP contribution >= 0.6 is 0 Å². The minimum absolute atomic E-state index is 0.227. The molecule has 0 saturated carbocycles. The zero-order chi connectivity index (χ0) is 31.1. The Labute approximate surface area is 257 Å². The second kappa shape index (κ2) is 12.0. The molecular formula is C34H39FN6O3. The van der Waals surface area contributed by atoms with Gasteiger partial charge in [0, 0.05) is 54.4 Å². The molecule has 0 radical (unpaired) electrons. The number of carbonyl (C=O) groups is 1. The molecule has 10 heteroatoms. The fourth-order valence-electron chi connectivity index (χ4n) is 7.24. The molecule has 1 amide bonds. The Kier molecular flexibility index (Phi) is 8.08. The third kappa shape index (κ3) is 5.41. The minimum atomic E-state index is -0.965. The summed E-state index contributed by atoms with van der Waals surface area (Å²) in [5.41, 5.74) is 4.13. The highest BCUT2D eigenvalue weighted by Crippen LogP contribution is 2.40. The summed E-state index contributed by atoms with van der Waals surface area (Å²) in [6.07, 6.45) is 2.81. The number of likely N-dealkylation sites (N-methyl/N-ethyl adjacent to an activating group) is 1. The Bertz CT molecular complexity index is 1640. The molecule has 44 heavy (non-hydrogen) atoms. The number of aromatic nitrogens is 1. The summed E-state index contributed by atoms with van der Waals surface area (Å²) in [5, 5.41) is 22.6. The number of carbonyl (C=O) groups excluding carboxylic acids is 1. The molecule has 0 aliphatic carbocycles. The van der Waals surface area contributed by atoms with Gasteiger partial charge in [0.05, 0.1) is 17.9 Å². The van der Waals surface area contributed by atoms with Gasteiger partial charge in [-0.1, -0.05) is 18.7 Å². The van der Waals surface area contributed by atoms with Crippen molar-refractivity contribution in [3.05, 3.63) is 65.6 Å². The van der Waals surface area contributed by atoms with Crippen LogP contribution in [-0.2, 0) is 17.8 Å². The SMILES string of the molecule is C=C(F)C(=O)N1[C@H](C)CN(c2c(C#N)c(OCC3CCCN3C)nc3c2CCN(c2cccc4cc(O)ccc24)C3)C[C@@H]1C. The van der Waals surface area contributed by atoms with Gasteiger partial charge in [0.2, 0.25) is 5.88 Å². The summed E-state index contributed by atoms with van der Waals surface area (Å²) in [6, 6.07) is 13.6. The van der Waals surface area contributed by atoms with Gasteiger partial charge >= 0.3 is 0 Å². The molecule has 3 atom stereocenters. The molecule has 2 aromatic carbocycles. The van der Waals surface area contributed by atoms with Crippen molar-refractivity contribution < 1.29 is 19.0 Å². The monoisotopic (exact) mass is 598 g/mol. The number of hydrogen-bond acceptors (Lipinski definition) is 8. The normalized spacial score (nSPS) is 22.2. The molecule has 3 aromatic rings. The molecule has 230 valence electrons. The average molecular weight is 599 g/mol. The van der Waals surface area contributed by atoms with Crippen molar-refractivity contribution in [3.8, 4) is 17.7 Å². The van der Waals surface area contributed by atoms with Crippen LogP contribution in [0.1, 0.15) is 43.5 Å². The lowest BCUT2D eigenvalue weighted by Crippen LogP contribution is -2.59. The third-order valence-corrected chi connectivity index (χ3v) is 9.37. The lowest BCUT2D eigenvalue weighted by molar-refractivity contribution is -0.133. The second-order valence-corrected chi connectivity index (χ2v) is 12.3. The third-order valence-electron chi connectivity index (χ3n) is 9.37. The summed E-state index contributed by atoms with van der Waals surface area (Å²) < 4.78 is 20.3. The van der Waals surface area contributed by atoms with Crippen LogP contribution < -0.4 is 14.5 Å². The van der Waals surface area contributed by atoms with Crippen LogP contribution in [0.25, 0.3) is 10.8 Å². The molecule has 9 nitrogen and oxygen atoms in total. The number of anilines is 2. The molecule has 1 N–H and O–H groups in total. The largest absolute Gasteiger partial charge is 0.508 e. The van der Waals surface area contributed by atoms with E-state index in [4.69, 9.17) is 9.72 Å². The lowest BCUT2D eigenvalue weighted by atomic mass is 9.96. The fourth-order valence-corrected chi connectivity index (χ4v) is 7.24. The Morgan fingerprint density at radius 2 is 1.95 bits per heavy atom. The van der Waals surface area contributed by atoms with E-state index in [2.05, 4.69) is 40.5 Å². The highest BCUT2D eigenvalue weighted by Gasteiger charge is 2.38. The van der Waals surface area contributed by atoms with Crippen LogP contribution in [0.5, 0.6) is 11.6 Å². The molecule has 3 aliphatic rings. The fraction of sp³-hybridized carbons (Fsp3) is 0.441. The molecule has 3 aliphatic heterocycles. The lowest BCUT2D eigenvalue weighted by Gasteiger charge is -2.46. The highest BCUT2D eigenvalue weighted by molar-refractivity contribution is 5.95. The van der Waals surface area contributed by atoms with Gasteiger partial charge in [-0.2, -0.15) is 5.26 Å². The van der Waals surface area contributed by atoms with Gasteiger partial charge in [-0.05, 0) is 76.4 Å². The van der Waals surface area contributed by atoms with Crippen LogP contribution in [0.15, 0.2) is 48.8 Å². The van der Waals surface area contributed by atoms with Gasteiger partial charge in [-0.3, -0.25) is 4.79 Å². The van der Waals surface area contributed by atoms with Gasteiger partial charge < -0.3 is 29.4 Å². The Morgan fingerprint density at radius 3 is 2.64 bits per heavy atom. The smallest absolute Gasteiger partial charge is 0.282 e. The van der Waals surface area contributed by atoms with Crippen molar-refractivity contribution in [1.82, 2.24) is 14.8 Å². The van der Waals surface area contributed by atoms with Crippen LogP contribution in [-0.4, -0.2) is 83.8 Å². The van der Waals surface area contributed by atoms with E-state index < -0.39 is 11.7 Å². The van der Waals surface area contributed by atoms with Crippen molar-refractivity contribution in [1.29, 1.82) is 5.26 Å². The maximum Gasteiger partial charge on any atom is 0.282 e. The van der Waals surface area contributed by atoms with E-state index in [0.29, 0.717) is 50.7 Å². The van der Waals surface area contributed by atoms with Gasteiger partial charge in [-0.15, -0.1) is 0 Å². The number of halogens is 1. The number of phenols is 1. The first-order chi connectivity index (χ1) is 21.2. The molecule has 4 heterocycles. The van der Waals surface area contributed by atoms with Gasteiger partial charge in [0.25, 0.3) is 5.91 Å². The topological polar surface area (TPSA) is 96.2 Å². The van der Waals surface area contributed by atoms with E-state index in [-0.39, 0.29) is 23.9 Å². The average Bonchev–Trinajstić information content (AvgIpc) is 3.42. The molecule has 2 saturated heterocycles. The number of nitrogens with zero attached hydrogens (tertiary/aromatic N) is 6. The molecule has 6 rings (SSSR count). The number of ether oxygens (including phenoxy) is 1. The van der Waals surface area contributed by atoms with E-state index in [9.17, 15) is 19.6 Å². The molecular weight excluding hydrogens is 559 g/mol. The zero-order valence-electron chi connectivity index (χ0n) is 25.6. The number of fused-ring (bicyclic) bond motifs is 2. The molecule has 0 spiro atoms. The highest BCUT2D eigenvalue weighted by atomic mass is 19.1. The molecule has 1 aromatic heterocycles. The Hall–Kier alpha value is -4.36. The summed E-state index contributed by atoms with van der Waals surface area (Å²) in [4.78, 5) is 25.9. The number of benzene rings is 2. The van der Waals surface area contributed by atoms with Crippen molar-refractivity contribution in [2.24, 2.45) is 0 Å². The van der Waals surface area contributed by atoms with Crippen molar-refractivity contribution in [2.75, 3.05) is 49.6 Å². The second-order valence-electron chi connectivity index (χ2n) is 12.3. The predicted octanol–water partition coefficient (Wildman–Crippen LogP) is 4.76. The van der Waals surface area contributed by atoms with Crippen LogP contribution in [0.4, 0.5) is 15.8 Å². The summed E-state index contributed by atoms with van der Waals surface area (Å²) in [5.74, 6) is -1.09. The predicted molar refractivity (Wildman–Crippen MR) is 169 cm³/mol. The number of nitriles is 1. The molecule has 2 fully saturated rings. The molecule has 0 bridgehead atoms. The maximum atomic E-state index is 13.9. The van der Waals surface area contributed by atoms with E-state index in [1.807, 2.05) is 32.0 Å². The number of hydrogen-bond donors (Lipinski definition) is 1. The first-order valence-electron chi connectivity index (χ1n) is 15.3. The summed E-state index contributed by atoms with van der Waals surface area (Å²) in [7, 11) is 2.09. The number of piperazine rings is 1. The van der Waals surface area contributed by atoms with Gasteiger partial charge in [0.1, 0.15) is 24.0 Å². The van der Waals surface area contributed by atoms with Crippen LogP contribution in [0, 0.1) is 11.3 Å². The van der Waals surface area contributed by atoms with Gasteiger partial charge in [0.15, 0.2) is 5.83 Å². The quantitative estimate of drug-likeness (QED) is 0.406. The number of aromatic hydroxyl groups is 1. The Balaban J connectivity index is 1.39. The Morgan fingerprint density at radius 1 is 1.18 bits per heavy atom. The van der Waals surface area contributed by atoms with Crippen molar-refractivity contribution >= 4 is 28.1 Å². The number of amides is 1. The zero-order valence-corrected chi connectivity index (χ0v) is 25.6. The van der Waals surface area contributed by atoms with E-state index >= 15 is 0 Å². The van der Waals surface area contributed by atoms with Crippen LogP contribution in [0.3, 0.4) is 0 Å². The van der Waals surface area contributed by atoms with Crippen LogP contribution in [0.2, 0.25) is 0 Å². The minimum Gasteiger partial charge on any atom is -0.508 e.